The van der Waals surface area contributed by atoms with E-state index >= 15 is 0 Å². The Balaban J connectivity index is 1.79. The van der Waals surface area contributed by atoms with Crippen LogP contribution in [-0.2, 0) is 0 Å². The van der Waals surface area contributed by atoms with Gasteiger partial charge in [-0.15, -0.1) is 0 Å². The molecule has 1 aliphatic heterocycles. The van der Waals surface area contributed by atoms with E-state index in [-0.39, 0.29) is 0 Å². The maximum absolute atomic E-state index is 6.25. The van der Waals surface area contributed by atoms with Crippen LogP contribution in [0.3, 0.4) is 0 Å². The van der Waals surface area contributed by atoms with E-state index in [9.17, 15) is 0 Å². The maximum atomic E-state index is 6.25. The second kappa shape index (κ2) is 4.30. The predicted molar refractivity (Wildman–Crippen MR) is 70.0 cm³/mol. The molecule has 0 spiro atoms. The molecule has 0 bridgehead atoms. The highest BCUT2D eigenvalue weighted by atomic mass is 15.2. The highest BCUT2D eigenvalue weighted by Crippen LogP contribution is 2.37. The van der Waals surface area contributed by atoms with E-state index in [4.69, 9.17) is 5.73 Å². The molecule has 1 aromatic heterocycles. The first-order valence-electron chi connectivity index (χ1n) is 6.67. The molecule has 3 unspecified atom stereocenters. The molecule has 3 atom stereocenters. The number of nitrogens with zero attached hydrogens (tertiary/aromatic N) is 2. The average Bonchev–Trinajstić information content (AvgIpc) is 2.74. The number of aromatic nitrogens is 1. The predicted octanol–water partition coefficient (Wildman–Crippen LogP) is 1.95. The van der Waals surface area contributed by atoms with E-state index in [2.05, 4.69) is 28.9 Å². The van der Waals surface area contributed by atoms with Gasteiger partial charge in [0.2, 0.25) is 0 Å². The first-order valence-corrected chi connectivity index (χ1v) is 6.67. The van der Waals surface area contributed by atoms with Crippen molar-refractivity contribution in [3.8, 4) is 0 Å². The van der Waals surface area contributed by atoms with Crippen LogP contribution in [0.5, 0.6) is 0 Å². The molecule has 3 rings (SSSR count). The van der Waals surface area contributed by atoms with Crippen molar-refractivity contribution in [1.82, 2.24) is 4.98 Å². The first-order chi connectivity index (χ1) is 8.24. The number of anilines is 1. The largest absolute Gasteiger partial charge is 0.371 e. The topological polar surface area (TPSA) is 42.1 Å². The summed E-state index contributed by atoms with van der Waals surface area (Å²) < 4.78 is 0. The minimum absolute atomic E-state index is 0.418. The van der Waals surface area contributed by atoms with E-state index in [0.29, 0.717) is 12.0 Å². The zero-order valence-electron chi connectivity index (χ0n) is 10.5. The van der Waals surface area contributed by atoms with Gasteiger partial charge in [0, 0.05) is 36.7 Å². The van der Waals surface area contributed by atoms with Gasteiger partial charge in [-0.1, -0.05) is 6.42 Å². The van der Waals surface area contributed by atoms with Gasteiger partial charge in [-0.25, -0.2) is 0 Å². The molecule has 0 radical (unpaired) electrons. The Kier molecular flexibility index (Phi) is 2.79. The van der Waals surface area contributed by atoms with Gasteiger partial charge in [-0.05, 0) is 43.7 Å². The van der Waals surface area contributed by atoms with Crippen LogP contribution < -0.4 is 10.6 Å². The Morgan fingerprint density at radius 1 is 1.35 bits per heavy atom. The number of hydrogen-bond acceptors (Lipinski definition) is 3. The fourth-order valence-electron chi connectivity index (χ4n) is 3.45. The average molecular weight is 231 g/mol. The SMILES string of the molecule is Cc1cc(N2CC3CCCC(N)C3C2)ccn1. The van der Waals surface area contributed by atoms with Crippen LogP contribution >= 0.6 is 0 Å². The smallest absolute Gasteiger partial charge is 0.0399 e. The molecule has 1 aromatic rings. The van der Waals surface area contributed by atoms with Crippen molar-refractivity contribution in [3.63, 3.8) is 0 Å². The van der Waals surface area contributed by atoms with Crippen LogP contribution in [0.25, 0.3) is 0 Å². The third-order valence-electron chi connectivity index (χ3n) is 4.40. The van der Waals surface area contributed by atoms with Gasteiger partial charge in [-0.3, -0.25) is 4.98 Å². The number of pyridine rings is 1. The van der Waals surface area contributed by atoms with E-state index in [1.165, 1.54) is 31.5 Å². The van der Waals surface area contributed by atoms with Crippen molar-refractivity contribution in [2.24, 2.45) is 17.6 Å². The molecule has 0 amide bonds. The number of hydrogen-bond donors (Lipinski definition) is 1. The van der Waals surface area contributed by atoms with Crippen LogP contribution in [0.4, 0.5) is 5.69 Å². The highest BCUT2D eigenvalue weighted by Gasteiger charge is 2.38. The lowest BCUT2D eigenvalue weighted by Gasteiger charge is -2.29. The maximum Gasteiger partial charge on any atom is 0.0399 e. The van der Waals surface area contributed by atoms with Crippen molar-refractivity contribution in [1.29, 1.82) is 0 Å². The number of aryl methyl sites for hydroxylation is 1. The Morgan fingerprint density at radius 2 is 2.24 bits per heavy atom. The molecule has 2 fully saturated rings. The van der Waals surface area contributed by atoms with Gasteiger partial charge in [0.05, 0.1) is 0 Å². The van der Waals surface area contributed by atoms with Crippen molar-refractivity contribution in [2.45, 2.75) is 32.2 Å². The number of fused-ring (bicyclic) bond motifs is 1. The van der Waals surface area contributed by atoms with Gasteiger partial charge in [0.15, 0.2) is 0 Å². The standard InChI is InChI=1S/C14H21N3/c1-10-7-12(5-6-16-10)17-8-11-3-2-4-14(15)13(11)9-17/h5-7,11,13-14H,2-4,8-9,15H2,1H3. The lowest BCUT2D eigenvalue weighted by atomic mass is 9.78. The second-order valence-corrected chi connectivity index (χ2v) is 5.58. The quantitative estimate of drug-likeness (QED) is 0.803. The lowest BCUT2D eigenvalue weighted by Crippen LogP contribution is -2.38. The fourth-order valence-corrected chi connectivity index (χ4v) is 3.45. The van der Waals surface area contributed by atoms with Gasteiger partial charge in [-0.2, -0.15) is 0 Å². The van der Waals surface area contributed by atoms with Crippen molar-refractivity contribution >= 4 is 5.69 Å². The lowest BCUT2D eigenvalue weighted by molar-refractivity contribution is 0.260. The number of nitrogens with two attached hydrogens (primary N) is 1. The number of rotatable bonds is 1. The minimum atomic E-state index is 0.418. The van der Waals surface area contributed by atoms with E-state index in [1.54, 1.807) is 0 Å². The van der Waals surface area contributed by atoms with E-state index < -0.39 is 0 Å². The Labute approximate surface area is 103 Å². The fraction of sp³-hybridized carbons (Fsp3) is 0.643. The van der Waals surface area contributed by atoms with Gasteiger partial charge >= 0.3 is 0 Å². The van der Waals surface area contributed by atoms with Crippen LogP contribution in [0, 0.1) is 18.8 Å². The second-order valence-electron chi connectivity index (χ2n) is 5.58. The van der Waals surface area contributed by atoms with E-state index in [0.717, 1.165) is 18.2 Å². The van der Waals surface area contributed by atoms with E-state index in [1.807, 2.05) is 6.20 Å². The molecule has 3 nitrogen and oxygen atoms in total. The van der Waals surface area contributed by atoms with Crippen LogP contribution in [0.1, 0.15) is 25.0 Å². The zero-order chi connectivity index (χ0) is 11.8. The summed E-state index contributed by atoms with van der Waals surface area (Å²) in [4.78, 5) is 6.76. The van der Waals surface area contributed by atoms with Crippen LogP contribution in [0.2, 0.25) is 0 Å². The summed E-state index contributed by atoms with van der Waals surface area (Å²) in [6, 6.07) is 4.72. The summed E-state index contributed by atoms with van der Waals surface area (Å²) in [6.45, 7) is 4.37. The molecule has 2 heterocycles. The van der Waals surface area contributed by atoms with Crippen LogP contribution in [0.15, 0.2) is 18.3 Å². The van der Waals surface area contributed by atoms with Crippen molar-refractivity contribution in [3.05, 3.63) is 24.0 Å². The molecule has 17 heavy (non-hydrogen) atoms. The van der Waals surface area contributed by atoms with Crippen molar-refractivity contribution in [2.75, 3.05) is 18.0 Å². The molecule has 2 aliphatic rings. The molecular weight excluding hydrogens is 210 g/mol. The molecular formula is C14H21N3. The van der Waals surface area contributed by atoms with Gasteiger partial charge in [0.1, 0.15) is 0 Å². The molecule has 1 aliphatic carbocycles. The molecule has 2 N–H and O–H groups in total. The summed E-state index contributed by atoms with van der Waals surface area (Å²) in [5, 5.41) is 0. The monoisotopic (exact) mass is 231 g/mol. The summed E-state index contributed by atoms with van der Waals surface area (Å²) >= 11 is 0. The highest BCUT2D eigenvalue weighted by molar-refractivity contribution is 5.47. The van der Waals surface area contributed by atoms with Crippen molar-refractivity contribution < 1.29 is 0 Å². The summed E-state index contributed by atoms with van der Waals surface area (Å²) in [7, 11) is 0. The molecule has 0 aromatic carbocycles. The zero-order valence-corrected chi connectivity index (χ0v) is 10.5. The minimum Gasteiger partial charge on any atom is -0.371 e. The Hall–Kier alpha value is -1.09. The molecule has 1 saturated carbocycles. The molecule has 92 valence electrons. The molecule has 3 heteroatoms. The Bertz CT molecular complexity index is 404. The third-order valence-corrected chi connectivity index (χ3v) is 4.40. The van der Waals surface area contributed by atoms with Gasteiger partial charge < -0.3 is 10.6 Å². The normalized spacial score (nSPS) is 32.6. The first kappa shape index (κ1) is 11.0. The summed E-state index contributed by atoms with van der Waals surface area (Å²) in [5.74, 6) is 1.52. The van der Waals surface area contributed by atoms with Gasteiger partial charge in [0.25, 0.3) is 0 Å². The third kappa shape index (κ3) is 2.04. The Morgan fingerprint density at radius 3 is 3.00 bits per heavy atom. The molecule has 1 saturated heterocycles. The van der Waals surface area contributed by atoms with Crippen LogP contribution in [-0.4, -0.2) is 24.1 Å². The summed E-state index contributed by atoms with van der Waals surface area (Å²) in [5.41, 5.74) is 8.67. The summed E-state index contributed by atoms with van der Waals surface area (Å²) in [6.07, 6.45) is 5.79.